The van der Waals surface area contributed by atoms with Gasteiger partial charge >= 0.3 is 5.97 Å². The molecule has 1 aliphatic heterocycles. The molecular weight excluding hydrogens is 286 g/mol. The SMILES string of the molecule is O=C(O)C1CSCCN1C(=O)C1CCC2CCCCC2C1. The van der Waals surface area contributed by atoms with Crippen LogP contribution in [0.4, 0.5) is 0 Å². The van der Waals surface area contributed by atoms with Gasteiger partial charge in [-0.2, -0.15) is 11.8 Å². The molecule has 0 bridgehead atoms. The van der Waals surface area contributed by atoms with Crippen molar-refractivity contribution in [2.45, 2.75) is 51.0 Å². The van der Waals surface area contributed by atoms with Crippen molar-refractivity contribution >= 4 is 23.6 Å². The largest absolute Gasteiger partial charge is 0.480 e. The Balaban J connectivity index is 1.65. The Hall–Kier alpha value is -0.710. The quantitative estimate of drug-likeness (QED) is 0.851. The van der Waals surface area contributed by atoms with Gasteiger partial charge in [-0.1, -0.05) is 25.7 Å². The van der Waals surface area contributed by atoms with Gasteiger partial charge in [-0.05, 0) is 31.1 Å². The Kier molecular flexibility index (Phi) is 4.77. The number of thioether (sulfide) groups is 1. The van der Waals surface area contributed by atoms with Crippen LogP contribution in [0.5, 0.6) is 0 Å². The van der Waals surface area contributed by atoms with Crippen molar-refractivity contribution in [3.63, 3.8) is 0 Å². The van der Waals surface area contributed by atoms with Gasteiger partial charge < -0.3 is 10.0 Å². The second-order valence-electron chi connectivity index (χ2n) is 6.78. The van der Waals surface area contributed by atoms with E-state index in [-0.39, 0.29) is 11.8 Å². The lowest BCUT2D eigenvalue weighted by Crippen LogP contribution is -2.53. The predicted molar refractivity (Wildman–Crippen MR) is 83.3 cm³/mol. The fourth-order valence-corrected chi connectivity index (χ4v) is 5.44. The van der Waals surface area contributed by atoms with Crippen LogP contribution in [0.1, 0.15) is 44.9 Å². The summed E-state index contributed by atoms with van der Waals surface area (Å²) in [4.78, 5) is 25.8. The molecule has 3 rings (SSSR count). The molecule has 21 heavy (non-hydrogen) atoms. The Morgan fingerprint density at radius 3 is 2.57 bits per heavy atom. The highest BCUT2D eigenvalue weighted by Crippen LogP contribution is 2.43. The van der Waals surface area contributed by atoms with E-state index in [1.165, 1.54) is 32.1 Å². The zero-order valence-electron chi connectivity index (χ0n) is 12.5. The summed E-state index contributed by atoms with van der Waals surface area (Å²) in [6.45, 7) is 0.602. The molecule has 3 fully saturated rings. The Morgan fingerprint density at radius 1 is 1.05 bits per heavy atom. The second-order valence-corrected chi connectivity index (χ2v) is 7.93. The van der Waals surface area contributed by atoms with E-state index in [4.69, 9.17) is 0 Å². The Bertz CT molecular complexity index is 414. The molecule has 1 N–H and O–H groups in total. The van der Waals surface area contributed by atoms with E-state index in [0.717, 1.165) is 24.5 Å². The van der Waals surface area contributed by atoms with Crippen molar-refractivity contribution in [1.29, 1.82) is 0 Å². The van der Waals surface area contributed by atoms with Gasteiger partial charge in [0.1, 0.15) is 6.04 Å². The number of carbonyl (C=O) groups is 2. The van der Waals surface area contributed by atoms with Crippen LogP contribution in [-0.2, 0) is 9.59 Å². The predicted octanol–water partition coefficient (Wildman–Crippen LogP) is 2.62. The lowest BCUT2D eigenvalue weighted by molar-refractivity contribution is -0.152. The topological polar surface area (TPSA) is 57.6 Å². The lowest BCUT2D eigenvalue weighted by Gasteiger charge is -2.41. The van der Waals surface area contributed by atoms with E-state index >= 15 is 0 Å². The highest BCUT2D eigenvalue weighted by atomic mass is 32.2. The van der Waals surface area contributed by atoms with Crippen molar-refractivity contribution in [2.24, 2.45) is 17.8 Å². The van der Waals surface area contributed by atoms with Crippen LogP contribution >= 0.6 is 11.8 Å². The van der Waals surface area contributed by atoms with Gasteiger partial charge in [0.2, 0.25) is 5.91 Å². The van der Waals surface area contributed by atoms with Gasteiger partial charge in [-0.15, -0.1) is 0 Å². The van der Waals surface area contributed by atoms with Crippen molar-refractivity contribution in [2.75, 3.05) is 18.1 Å². The third-order valence-corrected chi connectivity index (χ3v) is 6.61. The van der Waals surface area contributed by atoms with E-state index in [0.29, 0.717) is 18.2 Å². The third-order valence-electron chi connectivity index (χ3n) is 5.59. The fraction of sp³-hybridized carbons (Fsp3) is 0.875. The minimum atomic E-state index is -0.845. The summed E-state index contributed by atoms with van der Waals surface area (Å²) >= 11 is 1.64. The average Bonchev–Trinajstić information content (AvgIpc) is 2.53. The molecule has 1 saturated heterocycles. The minimum absolute atomic E-state index is 0.0781. The molecule has 0 spiro atoms. The van der Waals surface area contributed by atoms with E-state index in [1.807, 2.05) is 0 Å². The Labute approximate surface area is 130 Å². The monoisotopic (exact) mass is 311 g/mol. The van der Waals surface area contributed by atoms with Crippen molar-refractivity contribution in [1.82, 2.24) is 4.90 Å². The van der Waals surface area contributed by atoms with E-state index in [2.05, 4.69) is 0 Å². The summed E-state index contributed by atoms with van der Waals surface area (Å²) in [5, 5.41) is 9.34. The van der Waals surface area contributed by atoms with Crippen molar-refractivity contribution in [3.8, 4) is 0 Å². The minimum Gasteiger partial charge on any atom is -0.480 e. The molecule has 3 aliphatic rings. The summed E-state index contributed by atoms with van der Waals surface area (Å²) in [6.07, 6.45) is 8.40. The van der Waals surface area contributed by atoms with Crippen molar-refractivity contribution < 1.29 is 14.7 Å². The van der Waals surface area contributed by atoms with Crippen molar-refractivity contribution in [3.05, 3.63) is 0 Å². The van der Waals surface area contributed by atoms with Gasteiger partial charge in [-0.25, -0.2) is 4.79 Å². The maximum atomic E-state index is 12.8. The van der Waals surface area contributed by atoms with Gasteiger partial charge in [0.15, 0.2) is 0 Å². The number of nitrogens with zero attached hydrogens (tertiary/aromatic N) is 1. The number of amides is 1. The number of aliphatic carboxylic acids is 1. The number of carboxylic acid groups (broad SMARTS) is 1. The smallest absolute Gasteiger partial charge is 0.327 e. The molecule has 118 valence electrons. The molecule has 0 radical (unpaired) electrons. The van der Waals surface area contributed by atoms with Gasteiger partial charge in [0.05, 0.1) is 0 Å². The zero-order chi connectivity index (χ0) is 14.8. The van der Waals surface area contributed by atoms with Crippen LogP contribution in [0, 0.1) is 17.8 Å². The first-order valence-electron chi connectivity index (χ1n) is 8.28. The first kappa shape index (κ1) is 15.2. The molecule has 2 aliphatic carbocycles. The highest BCUT2D eigenvalue weighted by molar-refractivity contribution is 7.99. The van der Waals surface area contributed by atoms with Crippen LogP contribution in [0.3, 0.4) is 0 Å². The first-order valence-corrected chi connectivity index (χ1v) is 9.43. The fourth-order valence-electron chi connectivity index (χ4n) is 4.40. The molecule has 4 unspecified atom stereocenters. The summed E-state index contributed by atoms with van der Waals surface area (Å²) < 4.78 is 0. The van der Waals surface area contributed by atoms with E-state index in [1.54, 1.807) is 16.7 Å². The first-order chi connectivity index (χ1) is 10.2. The Morgan fingerprint density at radius 2 is 1.81 bits per heavy atom. The third kappa shape index (κ3) is 3.22. The normalized spacial score (nSPS) is 36.9. The summed E-state index contributed by atoms with van der Waals surface area (Å²) in [5.41, 5.74) is 0. The van der Waals surface area contributed by atoms with Crippen LogP contribution in [-0.4, -0.2) is 46.0 Å². The zero-order valence-corrected chi connectivity index (χ0v) is 13.3. The standard InChI is InChI=1S/C16H25NO3S/c18-15(17-7-8-21-10-14(17)16(19)20)13-6-5-11-3-1-2-4-12(11)9-13/h11-14H,1-10H2,(H,19,20). The van der Waals surface area contributed by atoms with E-state index in [9.17, 15) is 14.7 Å². The number of carboxylic acids is 1. The molecule has 1 amide bonds. The van der Waals surface area contributed by atoms with E-state index < -0.39 is 12.0 Å². The van der Waals surface area contributed by atoms with Gasteiger partial charge in [0.25, 0.3) is 0 Å². The number of fused-ring (bicyclic) bond motifs is 1. The van der Waals surface area contributed by atoms with Gasteiger partial charge in [-0.3, -0.25) is 4.79 Å². The molecular formula is C16H25NO3S. The number of hydrogen-bond donors (Lipinski definition) is 1. The lowest BCUT2D eigenvalue weighted by atomic mass is 9.67. The van der Waals surface area contributed by atoms with Crippen LogP contribution in [0.25, 0.3) is 0 Å². The molecule has 4 atom stereocenters. The summed E-state index contributed by atoms with van der Waals surface area (Å²) in [5.74, 6) is 2.30. The molecule has 4 nitrogen and oxygen atoms in total. The molecule has 5 heteroatoms. The van der Waals surface area contributed by atoms with Crippen LogP contribution in [0.2, 0.25) is 0 Å². The maximum Gasteiger partial charge on any atom is 0.327 e. The highest BCUT2D eigenvalue weighted by Gasteiger charge is 2.40. The van der Waals surface area contributed by atoms with Gasteiger partial charge in [0, 0.05) is 24.0 Å². The molecule has 2 saturated carbocycles. The van der Waals surface area contributed by atoms with Crippen LogP contribution < -0.4 is 0 Å². The number of rotatable bonds is 2. The molecule has 0 aromatic rings. The molecule has 0 aromatic carbocycles. The summed E-state index contributed by atoms with van der Waals surface area (Å²) in [6, 6.07) is -0.611. The second kappa shape index (κ2) is 6.59. The molecule has 0 aromatic heterocycles. The van der Waals surface area contributed by atoms with Crippen LogP contribution in [0.15, 0.2) is 0 Å². The number of hydrogen-bond acceptors (Lipinski definition) is 3. The summed E-state index contributed by atoms with van der Waals surface area (Å²) in [7, 11) is 0. The maximum absolute atomic E-state index is 12.8. The number of carbonyl (C=O) groups excluding carboxylic acids is 1. The molecule has 1 heterocycles. The average molecular weight is 311 g/mol.